The largest absolute Gasteiger partial charge is 0.389 e. The maximum absolute atomic E-state index is 12.0. The van der Waals surface area contributed by atoms with Crippen molar-refractivity contribution >= 4 is 16.9 Å². The Hall–Kier alpha value is -1.84. The molecule has 1 heterocycles. The standard InChI is InChI=1S/C14H18N2O2/c1-5-10(4)15-14-16-12-9(3)7-6-8(2)11(12)13(17)18-14/h6-7,10H,5H2,1-4H3,(H,15,16). The van der Waals surface area contributed by atoms with E-state index in [1.165, 1.54) is 0 Å². The molecule has 96 valence electrons. The summed E-state index contributed by atoms with van der Waals surface area (Å²) in [5.41, 5.74) is 2.27. The summed E-state index contributed by atoms with van der Waals surface area (Å²) in [6.45, 7) is 7.92. The highest BCUT2D eigenvalue weighted by molar-refractivity contribution is 5.84. The van der Waals surface area contributed by atoms with E-state index in [4.69, 9.17) is 4.42 Å². The van der Waals surface area contributed by atoms with Gasteiger partial charge in [-0.3, -0.25) is 0 Å². The van der Waals surface area contributed by atoms with E-state index < -0.39 is 0 Å². The normalized spacial score (nSPS) is 12.7. The van der Waals surface area contributed by atoms with E-state index in [1.807, 2.05) is 32.9 Å². The first-order valence-electron chi connectivity index (χ1n) is 6.20. The molecular formula is C14H18N2O2. The summed E-state index contributed by atoms with van der Waals surface area (Å²) in [6.07, 6.45) is 0.941. The molecule has 0 aliphatic carbocycles. The summed E-state index contributed by atoms with van der Waals surface area (Å²) in [5.74, 6) is 0. The van der Waals surface area contributed by atoms with Crippen molar-refractivity contribution in [1.82, 2.24) is 4.98 Å². The maximum atomic E-state index is 12.0. The summed E-state index contributed by atoms with van der Waals surface area (Å²) >= 11 is 0. The molecule has 1 atom stereocenters. The van der Waals surface area contributed by atoms with Crippen molar-refractivity contribution in [2.45, 2.75) is 40.2 Å². The zero-order valence-corrected chi connectivity index (χ0v) is 11.2. The van der Waals surface area contributed by atoms with Gasteiger partial charge in [-0.15, -0.1) is 0 Å². The molecule has 0 saturated carbocycles. The van der Waals surface area contributed by atoms with Crippen LogP contribution in [0, 0.1) is 13.8 Å². The Morgan fingerprint density at radius 3 is 2.67 bits per heavy atom. The molecule has 0 aliphatic heterocycles. The van der Waals surface area contributed by atoms with Gasteiger partial charge in [0.15, 0.2) is 0 Å². The molecule has 18 heavy (non-hydrogen) atoms. The van der Waals surface area contributed by atoms with Crippen LogP contribution in [-0.2, 0) is 0 Å². The molecule has 4 nitrogen and oxygen atoms in total. The van der Waals surface area contributed by atoms with Gasteiger partial charge in [0.1, 0.15) is 0 Å². The average Bonchev–Trinajstić information content (AvgIpc) is 2.33. The zero-order chi connectivity index (χ0) is 13.3. The van der Waals surface area contributed by atoms with Crippen molar-refractivity contribution in [2.24, 2.45) is 0 Å². The second-order valence-electron chi connectivity index (χ2n) is 4.68. The molecule has 0 fully saturated rings. The van der Waals surface area contributed by atoms with E-state index >= 15 is 0 Å². The first-order valence-corrected chi connectivity index (χ1v) is 6.20. The Morgan fingerprint density at radius 2 is 2.00 bits per heavy atom. The quantitative estimate of drug-likeness (QED) is 0.904. The molecule has 0 saturated heterocycles. The van der Waals surface area contributed by atoms with Gasteiger partial charge in [0.05, 0.1) is 10.9 Å². The van der Waals surface area contributed by atoms with Gasteiger partial charge < -0.3 is 9.73 Å². The number of fused-ring (bicyclic) bond motifs is 1. The van der Waals surface area contributed by atoms with Crippen LogP contribution in [0.15, 0.2) is 21.3 Å². The third-order valence-electron chi connectivity index (χ3n) is 3.18. The van der Waals surface area contributed by atoms with Crippen molar-refractivity contribution in [3.8, 4) is 0 Å². The SMILES string of the molecule is CCC(C)Nc1nc2c(C)ccc(C)c2c(=O)o1. The zero-order valence-electron chi connectivity index (χ0n) is 11.2. The topological polar surface area (TPSA) is 55.1 Å². The lowest BCUT2D eigenvalue weighted by Gasteiger charge is -2.11. The van der Waals surface area contributed by atoms with Gasteiger partial charge in [0.25, 0.3) is 6.01 Å². The maximum Gasteiger partial charge on any atom is 0.348 e. The molecule has 1 N–H and O–H groups in total. The number of aromatic nitrogens is 1. The van der Waals surface area contributed by atoms with Crippen molar-refractivity contribution < 1.29 is 4.42 Å². The number of benzene rings is 1. The lowest BCUT2D eigenvalue weighted by Crippen LogP contribution is -2.17. The highest BCUT2D eigenvalue weighted by Crippen LogP contribution is 2.19. The van der Waals surface area contributed by atoms with Gasteiger partial charge >= 0.3 is 5.63 Å². The lowest BCUT2D eigenvalue weighted by molar-refractivity contribution is 0.507. The highest BCUT2D eigenvalue weighted by Gasteiger charge is 2.11. The fourth-order valence-corrected chi connectivity index (χ4v) is 1.84. The first-order chi connectivity index (χ1) is 8.52. The summed E-state index contributed by atoms with van der Waals surface area (Å²) in [6, 6.07) is 4.41. The third-order valence-corrected chi connectivity index (χ3v) is 3.18. The van der Waals surface area contributed by atoms with Gasteiger partial charge in [-0.2, -0.15) is 4.98 Å². The van der Waals surface area contributed by atoms with E-state index in [0.717, 1.165) is 23.1 Å². The van der Waals surface area contributed by atoms with Gasteiger partial charge in [0, 0.05) is 6.04 Å². The number of anilines is 1. The summed E-state index contributed by atoms with van der Waals surface area (Å²) < 4.78 is 5.22. The van der Waals surface area contributed by atoms with E-state index in [9.17, 15) is 4.79 Å². The number of hydrogen-bond acceptors (Lipinski definition) is 4. The van der Waals surface area contributed by atoms with Gasteiger partial charge in [0.2, 0.25) is 0 Å². The summed E-state index contributed by atoms with van der Waals surface area (Å²) in [4.78, 5) is 16.4. The number of nitrogens with one attached hydrogen (secondary N) is 1. The molecule has 2 rings (SSSR count). The second kappa shape index (κ2) is 4.80. The fraction of sp³-hybridized carbons (Fsp3) is 0.429. The molecule has 1 aromatic heterocycles. The molecular weight excluding hydrogens is 228 g/mol. The Balaban J connectivity index is 2.62. The number of nitrogens with zero attached hydrogens (tertiary/aromatic N) is 1. The Bertz CT molecular complexity index is 631. The molecule has 0 aliphatic rings. The van der Waals surface area contributed by atoms with E-state index in [-0.39, 0.29) is 11.7 Å². The van der Waals surface area contributed by atoms with E-state index in [1.54, 1.807) is 0 Å². The average molecular weight is 246 g/mol. The minimum absolute atomic E-state index is 0.225. The minimum Gasteiger partial charge on any atom is -0.389 e. The van der Waals surface area contributed by atoms with Gasteiger partial charge in [-0.25, -0.2) is 4.79 Å². The molecule has 0 bridgehead atoms. The Kier molecular flexibility index (Phi) is 3.36. The summed E-state index contributed by atoms with van der Waals surface area (Å²) in [7, 11) is 0. The van der Waals surface area contributed by atoms with E-state index in [2.05, 4.69) is 17.2 Å². The van der Waals surface area contributed by atoms with Crippen molar-refractivity contribution in [2.75, 3.05) is 5.32 Å². The highest BCUT2D eigenvalue weighted by atomic mass is 16.4. The van der Waals surface area contributed by atoms with Gasteiger partial charge in [-0.05, 0) is 38.3 Å². The molecule has 1 unspecified atom stereocenters. The van der Waals surface area contributed by atoms with Crippen LogP contribution in [0.5, 0.6) is 0 Å². The second-order valence-corrected chi connectivity index (χ2v) is 4.68. The minimum atomic E-state index is -0.327. The third kappa shape index (κ3) is 2.23. The monoisotopic (exact) mass is 246 g/mol. The van der Waals surface area contributed by atoms with Crippen LogP contribution in [0.25, 0.3) is 10.9 Å². The number of hydrogen-bond donors (Lipinski definition) is 1. The molecule has 0 spiro atoms. The van der Waals surface area contributed by atoms with E-state index in [0.29, 0.717) is 11.4 Å². The van der Waals surface area contributed by atoms with Gasteiger partial charge in [-0.1, -0.05) is 19.1 Å². The number of aryl methyl sites for hydroxylation is 2. The van der Waals surface area contributed by atoms with Crippen molar-refractivity contribution in [3.05, 3.63) is 33.7 Å². The van der Waals surface area contributed by atoms with Crippen LogP contribution in [0.2, 0.25) is 0 Å². The lowest BCUT2D eigenvalue weighted by atomic mass is 10.1. The van der Waals surface area contributed by atoms with Crippen LogP contribution < -0.4 is 10.9 Å². The Morgan fingerprint density at radius 1 is 1.33 bits per heavy atom. The van der Waals surface area contributed by atoms with Crippen LogP contribution in [0.3, 0.4) is 0 Å². The summed E-state index contributed by atoms with van der Waals surface area (Å²) in [5, 5.41) is 3.67. The fourth-order valence-electron chi connectivity index (χ4n) is 1.84. The molecule has 4 heteroatoms. The molecule has 2 aromatic rings. The first kappa shape index (κ1) is 12.6. The smallest absolute Gasteiger partial charge is 0.348 e. The van der Waals surface area contributed by atoms with Crippen LogP contribution in [0.4, 0.5) is 6.01 Å². The molecule has 1 aromatic carbocycles. The predicted molar refractivity (Wildman–Crippen MR) is 73.1 cm³/mol. The number of rotatable bonds is 3. The molecule has 0 amide bonds. The van der Waals surface area contributed by atoms with Crippen molar-refractivity contribution in [3.63, 3.8) is 0 Å². The van der Waals surface area contributed by atoms with Crippen LogP contribution >= 0.6 is 0 Å². The molecule has 0 radical (unpaired) electrons. The van der Waals surface area contributed by atoms with Crippen LogP contribution in [0.1, 0.15) is 31.4 Å². The van der Waals surface area contributed by atoms with Crippen LogP contribution in [-0.4, -0.2) is 11.0 Å². The van der Waals surface area contributed by atoms with Crippen molar-refractivity contribution in [1.29, 1.82) is 0 Å². The predicted octanol–water partition coefficient (Wildman–Crippen LogP) is 3.02. The Labute approximate surface area is 106 Å².